The van der Waals surface area contributed by atoms with Gasteiger partial charge in [0.2, 0.25) is 0 Å². The molecular weight excluding hydrogens is 284 g/mol. The van der Waals surface area contributed by atoms with Gasteiger partial charge in [-0.05, 0) is 40.4 Å². The van der Waals surface area contributed by atoms with Crippen molar-refractivity contribution in [3.05, 3.63) is 60.8 Å². The molecule has 6 heteroatoms. The molecule has 0 aliphatic rings. The van der Waals surface area contributed by atoms with Gasteiger partial charge >= 0.3 is 0 Å². The predicted molar refractivity (Wildman–Crippen MR) is 77.7 cm³/mol. The summed E-state index contributed by atoms with van der Waals surface area (Å²) in [6.07, 6.45) is 0. The Morgan fingerprint density at radius 1 is 1.32 bits per heavy atom. The maximum absolute atomic E-state index is 10.6. The van der Waals surface area contributed by atoms with Crippen molar-refractivity contribution < 1.29 is 4.92 Å². The van der Waals surface area contributed by atoms with E-state index in [0.29, 0.717) is 11.6 Å². The number of benzene rings is 1. The third kappa shape index (κ3) is 3.53. The number of hydrogen-bond acceptors (Lipinski definition) is 4. The number of nitro benzene ring substituents is 1. The largest absolute Gasteiger partial charge is 0.309 e. The third-order valence-corrected chi connectivity index (χ3v) is 4.10. The molecule has 0 saturated heterocycles. The van der Waals surface area contributed by atoms with Crippen molar-refractivity contribution in [2.75, 3.05) is 0 Å². The zero-order chi connectivity index (χ0) is 13.8. The first kappa shape index (κ1) is 14.0. The highest BCUT2D eigenvalue weighted by atomic mass is 35.5. The molecule has 4 nitrogen and oxygen atoms in total. The summed E-state index contributed by atoms with van der Waals surface area (Å²) in [4.78, 5) is 10.2. The van der Waals surface area contributed by atoms with Crippen LogP contribution in [-0.4, -0.2) is 4.92 Å². The lowest BCUT2D eigenvalue weighted by molar-refractivity contribution is -0.384. The zero-order valence-corrected chi connectivity index (χ0v) is 11.9. The minimum Gasteiger partial charge on any atom is -0.309 e. The Bertz CT molecular complexity index is 598. The molecule has 1 aromatic heterocycles. The van der Waals surface area contributed by atoms with Crippen LogP contribution in [0.1, 0.15) is 16.7 Å². The molecule has 1 aromatic carbocycles. The lowest BCUT2D eigenvalue weighted by Crippen LogP contribution is -2.13. The van der Waals surface area contributed by atoms with E-state index in [9.17, 15) is 10.1 Å². The van der Waals surface area contributed by atoms with Crippen molar-refractivity contribution in [3.8, 4) is 0 Å². The quantitative estimate of drug-likeness (QED) is 0.672. The Morgan fingerprint density at radius 2 is 2.05 bits per heavy atom. The molecule has 0 unspecified atom stereocenters. The van der Waals surface area contributed by atoms with Gasteiger partial charge in [-0.15, -0.1) is 0 Å². The van der Waals surface area contributed by atoms with Crippen LogP contribution in [-0.2, 0) is 13.1 Å². The van der Waals surface area contributed by atoms with Crippen LogP contribution in [0, 0.1) is 17.0 Å². The summed E-state index contributed by atoms with van der Waals surface area (Å²) in [5, 5.41) is 18.5. The van der Waals surface area contributed by atoms with E-state index in [4.69, 9.17) is 11.6 Å². The third-order valence-electron chi connectivity index (χ3n) is 2.84. The second kappa shape index (κ2) is 6.14. The number of non-ortho nitro benzene ring substituents is 1. The fourth-order valence-electron chi connectivity index (χ4n) is 1.69. The lowest BCUT2D eigenvalue weighted by Gasteiger charge is -2.06. The van der Waals surface area contributed by atoms with Gasteiger partial charge in [0.05, 0.1) is 9.95 Å². The van der Waals surface area contributed by atoms with E-state index in [2.05, 4.69) is 23.0 Å². The predicted octanol–water partition coefficient (Wildman–Crippen LogP) is 3.91. The van der Waals surface area contributed by atoms with Gasteiger partial charge in [-0.3, -0.25) is 10.1 Å². The molecule has 2 aromatic rings. The van der Waals surface area contributed by atoms with Crippen LogP contribution in [0.5, 0.6) is 0 Å². The Kier molecular flexibility index (Phi) is 4.52. The summed E-state index contributed by atoms with van der Waals surface area (Å²) in [6, 6.07) is 4.54. The summed E-state index contributed by atoms with van der Waals surface area (Å²) < 4.78 is 0. The number of hydrogen-bond donors (Lipinski definition) is 1. The highest BCUT2D eigenvalue weighted by Gasteiger charge is 2.09. The Morgan fingerprint density at radius 3 is 2.63 bits per heavy atom. The van der Waals surface area contributed by atoms with Gasteiger partial charge in [-0.25, -0.2) is 0 Å². The molecule has 0 aliphatic carbocycles. The van der Waals surface area contributed by atoms with E-state index in [-0.39, 0.29) is 5.69 Å². The van der Waals surface area contributed by atoms with Gasteiger partial charge in [0.25, 0.3) is 5.69 Å². The van der Waals surface area contributed by atoms with E-state index in [1.54, 1.807) is 17.4 Å². The second-order valence-electron chi connectivity index (χ2n) is 4.22. The maximum atomic E-state index is 10.6. The van der Waals surface area contributed by atoms with Crippen molar-refractivity contribution in [3.63, 3.8) is 0 Å². The van der Waals surface area contributed by atoms with Crippen LogP contribution in [0.4, 0.5) is 5.69 Å². The van der Waals surface area contributed by atoms with Crippen LogP contribution in [0.3, 0.4) is 0 Å². The van der Waals surface area contributed by atoms with Crippen molar-refractivity contribution in [1.29, 1.82) is 0 Å². The monoisotopic (exact) mass is 296 g/mol. The Balaban J connectivity index is 1.96. The topological polar surface area (TPSA) is 55.2 Å². The first-order valence-electron chi connectivity index (χ1n) is 5.73. The molecule has 1 heterocycles. The van der Waals surface area contributed by atoms with Crippen LogP contribution in [0.25, 0.3) is 0 Å². The van der Waals surface area contributed by atoms with Gasteiger partial charge in [0.1, 0.15) is 0 Å². The summed E-state index contributed by atoms with van der Waals surface area (Å²) in [5.41, 5.74) is 3.41. The first-order valence-corrected chi connectivity index (χ1v) is 7.05. The highest BCUT2D eigenvalue weighted by Crippen LogP contribution is 2.22. The fraction of sp³-hybridized carbons (Fsp3) is 0.231. The molecule has 2 rings (SSSR count). The van der Waals surface area contributed by atoms with Crippen molar-refractivity contribution in [2.24, 2.45) is 0 Å². The molecule has 0 radical (unpaired) electrons. The minimum absolute atomic E-state index is 0.0161. The van der Waals surface area contributed by atoms with Gasteiger partial charge in [0.15, 0.2) is 0 Å². The number of aryl methyl sites for hydroxylation is 1. The molecule has 0 amide bonds. The smallest absolute Gasteiger partial charge is 0.270 e. The van der Waals surface area contributed by atoms with Gasteiger partial charge in [-0.2, -0.15) is 11.3 Å². The molecule has 19 heavy (non-hydrogen) atoms. The average molecular weight is 297 g/mol. The van der Waals surface area contributed by atoms with E-state index in [1.807, 2.05) is 0 Å². The van der Waals surface area contributed by atoms with E-state index < -0.39 is 4.92 Å². The molecule has 0 aliphatic heterocycles. The number of thiophene rings is 1. The average Bonchev–Trinajstić information content (AvgIpc) is 2.77. The molecule has 0 bridgehead atoms. The van der Waals surface area contributed by atoms with Crippen molar-refractivity contribution in [2.45, 2.75) is 20.0 Å². The van der Waals surface area contributed by atoms with Crippen LogP contribution >= 0.6 is 22.9 Å². The van der Waals surface area contributed by atoms with Gasteiger partial charge < -0.3 is 5.32 Å². The van der Waals surface area contributed by atoms with Gasteiger partial charge in [0, 0.05) is 25.2 Å². The number of rotatable bonds is 5. The number of nitrogens with zero attached hydrogens (tertiary/aromatic N) is 1. The van der Waals surface area contributed by atoms with Crippen molar-refractivity contribution in [1.82, 2.24) is 5.32 Å². The summed E-state index contributed by atoms with van der Waals surface area (Å²) in [5.74, 6) is 0. The standard InChI is InChI=1S/C13H13ClN2O2S/c1-9-7-19-8-11(9)6-15-5-10-2-3-12(16(17)18)4-13(10)14/h2-4,7-8,15H,5-6H2,1H3. The summed E-state index contributed by atoms with van der Waals surface area (Å²) >= 11 is 7.70. The summed E-state index contributed by atoms with van der Waals surface area (Å²) in [7, 11) is 0. The molecule has 0 fully saturated rings. The SMILES string of the molecule is Cc1cscc1CNCc1ccc([N+](=O)[O-])cc1Cl. The number of halogens is 1. The Labute approximate surface area is 120 Å². The molecule has 0 atom stereocenters. The normalized spacial score (nSPS) is 10.6. The number of nitro groups is 1. The van der Waals surface area contributed by atoms with Crippen LogP contribution < -0.4 is 5.32 Å². The zero-order valence-electron chi connectivity index (χ0n) is 10.4. The number of nitrogens with one attached hydrogen (secondary N) is 1. The Hall–Kier alpha value is -1.43. The van der Waals surface area contributed by atoms with Crippen LogP contribution in [0.2, 0.25) is 5.02 Å². The molecule has 1 N–H and O–H groups in total. The molecular formula is C13H13ClN2O2S. The molecule has 100 valence electrons. The molecule has 0 spiro atoms. The van der Waals surface area contributed by atoms with Gasteiger partial charge in [-0.1, -0.05) is 11.6 Å². The maximum Gasteiger partial charge on any atom is 0.270 e. The summed E-state index contributed by atoms with van der Waals surface area (Å²) in [6.45, 7) is 3.43. The molecule has 0 saturated carbocycles. The lowest BCUT2D eigenvalue weighted by atomic mass is 10.2. The fourth-order valence-corrected chi connectivity index (χ4v) is 2.79. The van der Waals surface area contributed by atoms with E-state index in [0.717, 1.165) is 12.1 Å². The second-order valence-corrected chi connectivity index (χ2v) is 5.37. The van der Waals surface area contributed by atoms with Crippen molar-refractivity contribution >= 4 is 28.6 Å². The van der Waals surface area contributed by atoms with E-state index in [1.165, 1.54) is 23.3 Å². The van der Waals surface area contributed by atoms with E-state index >= 15 is 0 Å². The van der Waals surface area contributed by atoms with Crippen LogP contribution in [0.15, 0.2) is 29.0 Å². The highest BCUT2D eigenvalue weighted by molar-refractivity contribution is 7.08. The first-order chi connectivity index (χ1) is 9.08. The minimum atomic E-state index is -0.447.